The van der Waals surface area contributed by atoms with Crippen LogP contribution in [0.15, 0.2) is 47.4 Å². The molecular formula is C20H22N4O4. The summed E-state index contributed by atoms with van der Waals surface area (Å²) in [5, 5.41) is 19.4. The van der Waals surface area contributed by atoms with Crippen molar-refractivity contribution < 1.29 is 14.7 Å². The van der Waals surface area contributed by atoms with Crippen molar-refractivity contribution in [3.8, 4) is 5.69 Å². The number of nitrogen functional groups attached to an aromatic ring is 1. The molecule has 0 unspecified atom stereocenters. The van der Waals surface area contributed by atoms with Gasteiger partial charge in [-0.3, -0.25) is 24.4 Å². The molecule has 0 bridgehead atoms. The molecule has 0 atom stereocenters. The molecule has 1 aromatic heterocycles. The number of carbonyl (C=O) groups is 2. The Morgan fingerprint density at radius 3 is 2.21 bits per heavy atom. The first-order chi connectivity index (χ1) is 13.3. The highest BCUT2D eigenvalue weighted by atomic mass is 16.4. The molecule has 2 aromatic rings. The standard InChI is InChI=1S/C20H22N4O4/c21-18(22)12-3-8-16(9-4-12)24-11-14(5-10-17(24)25)19(26)23-15-6-1-13(2-7-15)20(27)28/h3-5,8-11,13,15H,1-2,6-7H2,(H3,21,22)(H,23,26)(H,27,28). The molecule has 0 radical (unpaired) electrons. The van der Waals surface area contributed by atoms with Gasteiger partial charge in [-0.25, -0.2) is 0 Å². The minimum atomic E-state index is -0.785. The summed E-state index contributed by atoms with van der Waals surface area (Å²) < 4.78 is 1.36. The van der Waals surface area contributed by atoms with E-state index in [-0.39, 0.29) is 29.3 Å². The third kappa shape index (κ3) is 4.28. The van der Waals surface area contributed by atoms with Crippen LogP contribution < -0.4 is 16.6 Å². The Balaban J connectivity index is 1.74. The molecule has 0 saturated heterocycles. The number of benzene rings is 1. The Bertz CT molecular complexity index is 957. The summed E-state index contributed by atoms with van der Waals surface area (Å²) in [7, 11) is 0. The van der Waals surface area contributed by atoms with Crippen LogP contribution in [0.5, 0.6) is 0 Å². The Kier molecular flexibility index (Phi) is 5.58. The zero-order valence-corrected chi connectivity index (χ0v) is 15.2. The molecule has 8 heteroatoms. The topological polar surface area (TPSA) is 138 Å². The summed E-state index contributed by atoms with van der Waals surface area (Å²) in [5.41, 5.74) is 6.61. The number of carboxylic acids is 1. The number of pyridine rings is 1. The number of amidine groups is 1. The number of hydrogen-bond acceptors (Lipinski definition) is 4. The van der Waals surface area contributed by atoms with E-state index >= 15 is 0 Å². The predicted molar refractivity (Wildman–Crippen MR) is 104 cm³/mol. The maximum Gasteiger partial charge on any atom is 0.306 e. The van der Waals surface area contributed by atoms with Crippen LogP contribution in [0.3, 0.4) is 0 Å². The fraction of sp³-hybridized carbons (Fsp3) is 0.300. The molecule has 1 amide bonds. The number of aromatic nitrogens is 1. The summed E-state index contributed by atoms with van der Waals surface area (Å²) in [6, 6.07) is 9.32. The van der Waals surface area contributed by atoms with E-state index in [0.29, 0.717) is 42.5 Å². The van der Waals surface area contributed by atoms with Crippen LogP contribution in [0, 0.1) is 11.3 Å². The van der Waals surface area contributed by atoms with Crippen LogP contribution in [-0.2, 0) is 4.79 Å². The van der Waals surface area contributed by atoms with Gasteiger partial charge in [0.25, 0.3) is 11.5 Å². The Morgan fingerprint density at radius 2 is 1.64 bits per heavy atom. The van der Waals surface area contributed by atoms with Crippen LogP contribution in [0.1, 0.15) is 41.6 Å². The van der Waals surface area contributed by atoms with Crippen molar-refractivity contribution in [1.82, 2.24) is 9.88 Å². The number of carboxylic acid groups (broad SMARTS) is 1. The first kappa shape index (κ1) is 19.3. The zero-order chi connectivity index (χ0) is 20.3. The van der Waals surface area contributed by atoms with Gasteiger partial charge >= 0.3 is 5.97 Å². The van der Waals surface area contributed by atoms with Crippen molar-refractivity contribution in [2.24, 2.45) is 11.7 Å². The molecule has 1 saturated carbocycles. The van der Waals surface area contributed by atoms with Gasteiger partial charge < -0.3 is 16.2 Å². The molecule has 5 N–H and O–H groups in total. The van der Waals surface area contributed by atoms with E-state index in [1.165, 1.54) is 22.9 Å². The Morgan fingerprint density at radius 1 is 1.04 bits per heavy atom. The highest BCUT2D eigenvalue weighted by Gasteiger charge is 2.27. The molecule has 1 aliphatic carbocycles. The molecule has 1 fully saturated rings. The number of rotatable bonds is 5. The predicted octanol–water partition coefficient (Wildman–Crippen LogP) is 1.49. The molecule has 8 nitrogen and oxygen atoms in total. The Hall–Kier alpha value is -3.42. The van der Waals surface area contributed by atoms with Crippen molar-refractivity contribution >= 4 is 17.7 Å². The summed E-state index contributed by atoms with van der Waals surface area (Å²) >= 11 is 0. The van der Waals surface area contributed by atoms with Gasteiger partial charge in [0, 0.05) is 29.6 Å². The van der Waals surface area contributed by atoms with Gasteiger partial charge in [0.15, 0.2) is 0 Å². The highest BCUT2D eigenvalue weighted by Crippen LogP contribution is 2.24. The van der Waals surface area contributed by atoms with E-state index in [9.17, 15) is 14.4 Å². The lowest BCUT2D eigenvalue weighted by atomic mass is 9.86. The minimum Gasteiger partial charge on any atom is -0.481 e. The number of aliphatic carboxylic acids is 1. The minimum absolute atomic E-state index is 0.0651. The number of nitrogens with zero attached hydrogens (tertiary/aromatic N) is 1. The van der Waals surface area contributed by atoms with Crippen molar-refractivity contribution in [1.29, 1.82) is 5.41 Å². The van der Waals surface area contributed by atoms with Gasteiger partial charge in [-0.2, -0.15) is 0 Å². The summed E-state index contributed by atoms with van der Waals surface area (Å²) in [6.45, 7) is 0. The lowest BCUT2D eigenvalue weighted by Crippen LogP contribution is -2.39. The van der Waals surface area contributed by atoms with Gasteiger partial charge in [0.2, 0.25) is 0 Å². The number of nitrogens with one attached hydrogen (secondary N) is 2. The summed E-state index contributed by atoms with van der Waals surface area (Å²) in [6.07, 6.45) is 3.80. The van der Waals surface area contributed by atoms with Crippen molar-refractivity contribution in [3.05, 3.63) is 64.1 Å². The van der Waals surface area contributed by atoms with Gasteiger partial charge in [-0.05, 0) is 56.0 Å². The van der Waals surface area contributed by atoms with Crippen LogP contribution in [0.2, 0.25) is 0 Å². The first-order valence-corrected chi connectivity index (χ1v) is 9.06. The van der Waals surface area contributed by atoms with E-state index in [2.05, 4.69) is 5.32 Å². The molecule has 1 aromatic carbocycles. The normalized spacial score (nSPS) is 19.0. The number of amides is 1. The second-order valence-electron chi connectivity index (χ2n) is 6.95. The van der Waals surface area contributed by atoms with Crippen LogP contribution in [0.4, 0.5) is 0 Å². The van der Waals surface area contributed by atoms with Gasteiger partial charge in [0.1, 0.15) is 5.84 Å². The molecule has 0 spiro atoms. The second kappa shape index (κ2) is 8.08. The van der Waals surface area contributed by atoms with Crippen molar-refractivity contribution in [2.45, 2.75) is 31.7 Å². The lowest BCUT2D eigenvalue weighted by molar-refractivity contribution is -0.142. The van der Waals surface area contributed by atoms with Crippen LogP contribution in [0.25, 0.3) is 5.69 Å². The zero-order valence-electron chi connectivity index (χ0n) is 15.2. The fourth-order valence-electron chi connectivity index (χ4n) is 3.38. The smallest absolute Gasteiger partial charge is 0.306 e. The van der Waals surface area contributed by atoms with Crippen molar-refractivity contribution in [2.75, 3.05) is 0 Å². The molecule has 1 heterocycles. The molecule has 3 rings (SSSR count). The van der Waals surface area contributed by atoms with Crippen LogP contribution in [-0.4, -0.2) is 33.4 Å². The summed E-state index contributed by atoms with van der Waals surface area (Å²) in [4.78, 5) is 35.8. The molecule has 0 aliphatic heterocycles. The third-order valence-electron chi connectivity index (χ3n) is 5.04. The Labute approximate surface area is 161 Å². The molecule has 28 heavy (non-hydrogen) atoms. The van der Waals surface area contributed by atoms with Crippen LogP contribution >= 0.6 is 0 Å². The number of nitrogens with two attached hydrogens (primary N) is 1. The summed E-state index contributed by atoms with van der Waals surface area (Å²) in [5.74, 6) is -1.49. The van der Waals surface area contributed by atoms with Crippen molar-refractivity contribution in [3.63, 3.8) is 0 Å². The number of carbonyl (C=O) groups excluding carboxylic acids is 1. The largest absolute Gasteiger partial charge is 0.481 e. The molecule has 1 aliphatic rings. The molecular weight excluding hydrogens is 360 g/mol. The van der Waals surface area contributed by atoms with E-state index in [4.69, 9.17) is 16.2 Å². The average molecular weight is 382 g/mol. The van der Waals surface area contributed by atoms with Gasteiger partial charge in [-0.15, -0.1) is 0 Å². The third-order valence-corrected chi connectivity index (χ3v) is 5.04. The molecule has 146 valence electrons. The number of hydrogen-bond donors (Lipinski definition) is 4. The maximum absolute atomic E-state index is 12.6. The average Bonchev–Trinajstić information content (AvgIpc) is 2.68. The van der Waals surface area contributed by atoms with E-state index in [0.717, 1.165) is 0 Å². The highest BCUT2D eigenvalue weighted by molar-refractivity contribution is 5.95. The van der Waals surface area contributed by atoms with Gasteiger partial charge in [0.05, 0.1) is 11.5 Å². The monoisotopic (exact) mass is 382 g/mol. The first-order valence-electron chi connectivity index (χ1n) is 9.06. The van der Waals surface area contributed by atoms with E-state index in [1.807, 2.05) is 0 Å². The lowest BCUT2D eigenvalue weighted by Gasteiger charge is -2.26. The van der Waals surface area contributed by atoms with E-state index in [1.54, 1.807) is 24.3 Å². The second-order valence-corrected chi connectivity index (χ2v) is 6.95. The quantitative estimate of drug-likeness (QED) is 0.458. The van der Waals surface area contributed by atoms with Gasteiger partial charge in [-0.1, -0.05) is 0 Å². The SMILES string of the molecule is N=C(N)c1ccc(-n2cc(C(=O)NC3CCC(C(=O)O)CC3)ccc2=O)cc1. The fourth-order valence-corrected chi connectivity index (χ4v) is 3.38. The maximum atomic E-state index is 12.6. The van der Waals surface area contributed by atoms with E-state index < -0.39 is 5.97 Å².